The van der Waals surface area contributed by atoms with Gasteiger partial charge in [-0.1, -0.05) is 12.1 Å². The van der Waals surface area contributed by atoms with Crippen molar-refractivity contribution in [3.8, 4) is 11.5 Å². The summed E-state index contributed by atoms with van der Waals surface area (Å²) in [5.74, 6) is -0.355. The lowest BCUT2D eigenvalue weighted by Crippen LogP contribution is -2.07. The first-order valence-electron chi connectivity index (χ1n) is 6.59. The van der Waals surface area contributed by atoms with Crippen LogP contribution in [0.1, 0.15) is 18.1 Å². The highest BCUT2D eigenvalue weighted by molar-refractivity contribution is 5.89. The van der Waals surface area contributed by atoms with Gasteiger partial charge in [-0.2, -0.15) is 0 Å². The van der Waals surface area contributed by atoms with Crippen LogP contribution in [0.15, 0.2) is 36.4 Å². The van der Waals surface area contributed by atoms with Crippen LogP contribution in [0.25, 0.3) is 0 Å². The molecule has 0 radical (unpaired) electrons. The van der Waals surface area contributed by atoms with Crippen molar-refractivity contribution in [2.24, 2.45) is 0 Å². The zero-order chi connectivity index (χ0) is 15.4. The number of anilines is 2. The van der Waals surface area contributed by atoms with Crippen LogP contribution >= 0.6 is 0 Å². The molecular weight excluding hydrogens is 268 g/mol. The van der Waals surface area contributed by atoms with Crippen LogP contribution in [0.4, 0.5) is 11.4 Å². The molecule has 0 spiro atoms. The molecule has 0 heterocycles. The van der Waals surface area contributed by atoms with Crippen molar-refractivity contribution in [1.29, 1.82) is 0 Å². The number of phenolic OH excluding ortho intramolecular Hbond substituents is 2. The van der Waals surface area contributed by atoms with E-state index >= 15 is 0 Å². The Morgan fingerprint density at radius 3 is 2.62 bits per heavy atom. The Kier molecular flexibility index (Phi) is 4.33. The number of carbonyl (C=O) groups excluding carboxylic acids is 1. The Labute approximate surface area is 123 Å². The summed E-state index contributed by atoms with van der Waals surface area (Å²) in [5, 5.41) is 25.1. The minimum Gasteiger partial charge on any atom is -0.504 e. The van der Waals surface area contributed by atoms with Crippen LogP contribution in [0.2, 0.25) is 0 Å². The van der Waals surface area contributed by atoms with Gasteiger partial charge in [-0.3, -0.25) is 4.79 Å². The average molecular weight is 286 g/mol. The number of nitrogens with one attached hydrogen (secondary N) is 2. The fourth-order valence-corrected chi connectivity index (χ4v) is 2.02. The highest BCUT2D eigenvalue weighted by Crippen LogP contribution is 2.29. The summed E-state index contributed by atoms with van der Waals surface area (Å²) in [6.07, 6.45) is 0. The van der Waals surface area contributed by atoms with Crippen molar-refractivity contribution in [3.05, 3.63) is 47.5 Å². The van der Waals surface area contributed by atoms with Gasteiger partial charge in [0.1, 0.15) is 0 Å². The molecule has 1 amide bonds. The molecule has 0 fully saturated rings. The number of hydrogen-bond acceptors (Lipinski definition) is 4. The van der Waals surface area contributed by atoms with E-state index in [1.807, 2.05) is 25.1 Å². The number of amides is 1. The van der Waals surface area contributed by atoms with Gasteiger partial charge in [0.2, 0.25) is 5.91 Å². The monoisotopic (exact) mass is 286 g/mol. The predicted molar refractivity (Wildman–Crippen MR) is 82.6 cm³/mol. The lowest BCUT2D eigenvalue weighted by Gasteiger charge is -2.12. The number of rotatable bonds is 4. The van der Waals surface area contributed by atoms with Crippen molar-refractivity contribution in [1.82, 2.24) is 0 Å². The molecule has 0 aliphatic heterocycles. The van der Waals surface area contributed by atoms with E-state index in [1.165, 1.54) is 13.0 Å². The number of aryl methyl sites for hydroxylation is 1. The Morgan fingerprint density at radius 1 is 1.19 bits per heavy atom. The molecule has 2 rings (SSSR count). The quantitative estimate of drug-likeness (QED) is 0.651. The van der Waals surface area contributed by atoms with E-state index in [-0.39, 0.29) is 17.4 Å². The van der Waals surface area contributed by atoms with Gasteiger partial charge < -0.3 is 20.8 Å². The zero-order valence-electron chi connectivity index (χ0n) is 12.0. The minimum absolute atomic E-state index is 0.108. The molecule has 21 heavy (non-hydrogen) atoms. The lowest BCUT2D eigenvalue weighted by atomic mass is 10.1. The average Bonchev–Trinajstić information content (AvgIpc) is 2.43. The highest BCUT2D eigenvalue weighted by Gasteiger charge is 2.06. The summed E-state index contributed by atoms with van der Waals surface area (Å²) in [4.78, 5) is 11.1. The first kappa shape index (κ1) is 14.7. The van der Waals surface area contributed by atoms with Gasteiger partial charge in [-0.25, -0.2) is 0 Å². The summed E-state index contributed by atoms with van der Waals surface area (Å²) >= 11 is 0. The van der Waals surface area contributed by atoms with Crippen LogP contribution in [0, 0.1) is 6.92 Å². The molecule has 4 N–H and O–H groups in total. The molecule has 5 heteroatoms. The van der Waals surface area contributed by atoms with Crippen LogP contribution < -0.4 is 10.6 Å². The highest BCUT2D eigenvalue weighted by atomic mass is 16.3. The zero-order valence-corrected chi connectivity index (χ0v) is 12.0. The smallest absolute Gasteiger partial charge is 0.221 e. The van der Waals surface area contributed by atoms with Crippen LogP contribution in [0.5, 0.6) is 11.5 Å². The van der Waals surface area contributed by atoms with Gasteiger partial charge >= 0.3 is 0 Å². The number of hydrogen-bond donors (Lipinski definition) is 4. The maximum absolute atomic E-state index is 11.1. The van der Waals surface area contributed by atoms with Gasteiger partial charge in [0, 0.05) is 30.4 Å². The fourth-order valence-electron chi connectivity index (χ4n) is 2.02. The summed E-state index contributed by atoms with van der Waals surface area (Å²) in [7, 11) is 0. The van der Waals surface area contributed by atoms with Crippen molar-refractivity contribution in [2.45, 2.75) is 20.4 Å². The van der Waals surface area contributed by atoms with Crippen molar-refractivity contribution >= 4 is 17.3 Å². The second-order valence-corrected chi connectivity index (χ2v) is 4.85. The Balaban J connectivity index is 2.08. The summed E-state index contributed by atoms with van der Waals surface area (Å²) in [6, 6.07) is 10.4. The Morgan fingerprint density at radius 2 is 1.95 bits per heavy atom. The number of aromatic hydroxyl groups is 2. The normalized spacial score (nSPS) is 10.2. The lowest BCUT2D eigenvalue weighted by molar-refractivity contribution is -0.114. The second-order valence-electron chi connectivity index (χ2n) is 4.85. The van der Waals surface area contributed by atoms with Gasteiger partial charge in [0.15, 0.2) is 11.5 Å². The number of phenols is 2. The minimum atomic E-state index is -0.133. The number of benzene rings is 2. The largest absolute Gasteiger partial charge is 0.504 e. The van der Waals surface area contributed by atoms with E-state index in [9.17, 15) is 15.0 Å². The first-order chi connectivity index (χ1) is 9.97. The molecule has 110 valence electrons. The molecule has 5 nitrogen and oxygen atoms in total. The van der Waals surface area contributed by atoms with Gasteiger partial charge in [0.25, 0.3) is 0 Å². The van der Waals surface area contributed by atoms with E-state index < -0.39 is 0 Å². The molecule has 0 aromatic heterocycles. The molecule has 0 unspecified atom stereocenters. The van der Waals surface area contributed by atoms with Crippen LogP contribution in [-0.4, -0.2) is 16.1 Å². The molecule has 0 saturated carbocycles. The van der Waals surface area contributed by atoms with Crippen LogP contribution in [0.3, 0.4) is 0 Å². The number of carbonyl (C=O) groups is 1. The summed E-state index contributed by atoms with van der Waals surface area (Å²) in [5.41, 5.74) is 3.19. The molecule has 2 aromatic carbocycles. The topological polar surface area (TPSA) is 81.6 Å². The standard InChI is InChI=1S/C16H18N2O3/c1-10-8-13(6-7-14(10)18-11(2)19)17-9-12-4-3-5-15(20)16(12)21/h3-8,17,20-21H,9H2,1-2H3,(H,18,19). The van der Waals surface area contributed by atoms with Gasteiger partial charge in [-0.15, -0.1) is 0 Å². The van der Waals surface area contributed by atoms with Gasteiger partial charge in [0.05, 0.1) is 0 Å². The predicted octanol–water partition coefficient (Wildman–Crippen LogP) is 2.98. The molecule has 0 aliphatic carbocycles. The maximum Gasteiger partial charge on any atom is 0.221 e. The molecular formula is C16H18N2O3. The van der Waals surface area contributed by atoms with Crippen molar-refractivity contribution < 1.29 is 15.0 Å². The molecule has 0 bridgehead atoms. The molecule has 0 atom stereocenters. The Hall–Kier alpha value is -2.69. The van der Waals surface area contributed by atoms with E-state index in [0.717, 1.165) is 16.9 Å². The maximum atomic E-state index is 11.1. The SMILES string of the molecule is CC(=O)Nc1ccc(NCc2cccc(O)c2O)cc1C. The third kappa shape index (κ3) is 3.66. The summed E-state index contributed by atoms with van der Waals surface area (Å²) < 4.78 is 0. The third-order valence-corrected chi connectivity index (χ3v) is 3.12. The molecule has 0 aliphatic rings. The van der Waals surface area contributed by atoms with E-state index in [0.29, 0.717) is 12.1 Å². The Bertz CT molecular complexity index is 669. The van der Waals surface area contributed by atoms with E-state index in [1.54, 1.807) is 12.1 Å². The van der Waals surface area contributed by atoms with Gasteiger partial charge in [-0.05, 0) is 36.8 Å². The second kappa shape index (κ2) is 6.17. The van der Waals surface area contributed by atoms with Crippen molar-refractivity contribution in [3.63, 3.8) is 0 Å². The molecule has 0 saturated heterocycles. The van der Waals surface area contributed by atoms with E-state index in [2.05, 4.69) is 10.6 Å². The van der Waals surface area contributed by atoms with E-state index in [4.69, 9.17) is 0 Å². The summed E-state index contributed by atoms with van der Waals surface area (Å²) in [6.45, 7) is 3.76. The fraction of sp³-hybridized carbons (Fsp3) is 0.188. The molecule has 2 aromatic rings. The number of para-hydroxylation sites is 1. The van der Waals surface area contributed by atoms with Crippen molar-refractivity contribution in [2.75, 3.05) is 10.6 Å². The first-order valence-corrected chi connectivity index (χ1v) is 6.59. The van der Waals surface area contributed by atoms with Crippen LogP contribution in [-0.2, 0) is 11.3 Å². The third-order valence-electron chi connectivity index (χ3n) is 3.12.